The lowest BCUT2D eigenvalue weighted by atomic mass is 9.84. The first-order valence-electron chi connectivity index (χ1n) is 13.4. The fourth-order valence-electron chi connectivity index (χ4n) is 5.14. The molecule has 2 aromatic carbocycles. The third-order valence-corrected chi connectivity index (χ3v) is 8.87. The van der Waals surface area contributed by atoms with Gasteiger partial charge in [-0.1, -0.05) is 63.9 Å². The summed E-state index contributed by atoms with van der Waals surface area (Å²) in [6.45, 7) is 7.13. The summed E-state index contributed by atoms with van der Waals surface area (Å²) in [5.41, 5.74) is 0.999. The smallest absolute Gasteiger partial charge is 0.309 e. The van der Waals surface area contributed by atoms with Crippen LogP contribution in [0.2, 0.25) is 0 Å². The average molecular weight is 533 g/mol. The first-order valence-corrected chi connectivity index (χ1v) is 15.3. The fourth-order valence-corrected chi connectivity index (χ4v) is 5.87. The van der Waals surface area contributed by atoms with Gasteiger partial charge in [-0.15, -0.1) is 0 Å². The molecule has 1 aliphatic carbocycles. The second kappa shape index (κ2) is 13.4. The van der Waals surface area contributed by atoms with Gasteiger partial charge in [0.2, 0.25) is 0 Å². The number of benzene rings is 2. The first kappa shape index (κ1) is 29.2. The fraction of sp³-hybridized carbons (Fsp3) is 0.567. The Balaban J connectivity index is 1.40. The van der Waals surface area contributed by atoms with E-state index < -0.39 is 15.7 Å². The molecule has 0 radical (unpaired) electrons. The molecule has 1 aliphatic rings. The van der Waals surface area contributed by atoms with E-state index >= 15 is 0 Å². The lowest BCUT2D eigenvalue weighted by molar-refractivity contribution is -0.151. The van der Waals surface area contributed by atoms with Crippen molar-refractivity contribution in [2.45, 2.75) is 70.8 Å². The summed E-state index contributed by atoms with van der Waals surface area (Å²) in [7, 11) is -3.59. The maximum absolute atomic E-state index is 14.1. The predicted octanol–water partition coefficient (Wildman–Crippen LogP) is 6.85. The summed E-state index contributed by atoms with van der Waals surface area (Å²) >= 11 is 0. The number of halogens is 1. The summed E-state index contributed by atoms with van der Waals surface area (Å²) in [4.78, 5) is 12.3. The first-order chi connectivity index (χ1) is 17.6. The lowest BCUT2D eigenvalue weighted by Crippen LogP contribution is -2.22. The van der Waals surface area contributed by atoms with Crippen LogP contribution >= 0.6 is 0 Å². The summed E-state index contributed by atoms with van der Waals surface area (Å²) in [6, 6.07) is 13.7. The molecule has 5 unspecified atom stereocenters. The molecular formula is C30H41FO5S. The van der Waals surface area contributed by atoms with Crippen LogP contribution in [0, 0.1) is 35.4 Å². The van der Waals surface area contributed by atoms with Gasteiger partial charge in [-0.25, -0.2) is 12.8 Å². The van der Waals surface area contributed by atoms with Crippen molar-refractivity contribution in [2.75, 3.05) is 12.9 Å². The van der Waals surface area contributed by atoms with Gasteiger partial charge in [0.1, 0.15) is 23.1 Å². The molecule has 0 N–H and O–H groups in total. The molecule has 1 fully saturated rings. The minimum atomic E-state index is -3.59. The van der Waals surface area contributed by atoms with Crippen molar-refractivity contribution in [2.24, 2.45) is 29.6 Å². The van der Waals surface area contributed by atoms with Crippen molar-refractivity contribution in [3.63, 3.8) is 0 Å². The van der Waals surface area contributed by atoms with Crippen LogP contribution in [0.1, 0.15) is 64.9 Å². The number of hydrogen-bond acceptors (Lipinski definition) is 5. The van der Waals surface area contributed by atoms with Crippen LogP contribution in [0.3, 0.4) is 0 Å². The molecule has 0 bridgehead atoms. The molecule has 5 atom stereocenters. The van der Waals surface area contributed by atoms with Gasteiger partial charge in [0.25, 0.3) is 0 Å². The molecule has 0 heterocycles. The summed E-state index contributed by atoms with van der Waals surface area (Å²) in [5, 5.41) is 0. The van der Waals surface area contributed by atoms with Crippen LogP contribution in [0.25, 0.3) is 0 Å². The molecule has 0 aromatic heterocycles. The maximum Gasteiger partial charge on any atom is 0.309 e. The molecular weight excluding hydrogens is 491 g/mol. The van der Waals surface area contributed by atoms with Crippen molar-refractivity contribution in [1.82, 2.24) is 0 Å². The van der Waals surface area contributed by atoms with Crippen LogP contribution < -0.4 is 4.74 Å². The van der Waals surface area contributed by atoms with Crippen LogP contribution in [0.4, 0.5) is 4.39 Å². The molecule has 0 spiro atoms. The molecule has 2 aromatic rings. The van der Waals surface area contributed by atoms with Crippen LogP contribution in [-0.4, -0.2) is 27.2 Å². The van der Waals surface area contributed by atoms with Crippen molar-refractivity contribution in [3.8, 4) is 5.75 Å². The van der Waals surface area contributed by atoms with Crippen molar-refractivity contribution < 1.29 is 27.1 Å². The number of rotatable bonds is 15. The Morgan fingerprint density at radius 1 is 1.08 bits per heavy atom. The van der Waals surface area contributed by atoms with E-state index in [9.17, 15) is 17.6 Å². The number of carbonyl (C=O) groups excluding carboxylic acids is 1. The predicted molar refractivity (Wildman–Crippen MR) is 143 cm³/mol. The number of esters is 1. The van der Waals surface area contributed by atoms with Crippen LogP contribution in [0.5, 0.6) is 5.75 Å². The Bertz CT molecular complexity index is 1120. The highest BCUT2D eigenvalue weighted by molar-refractivity contribution is 7.90. The average Bonchev–Trinajstić information content (AvgIpc) is 3.63. The minimum Gasteiger partial charge on any atom is -0.493 e. The Hall–Kier alpha value is -2.41. The Morgan fingerprint density at radius 3 is 2.46 bits per heavy atom. The van der Waals surface area contributed by atoms with E-state index in [1.54, 1.807) is 0 Å². The minimum absolute atomic E-state index is 0.133. The molecule has 0 saturated heterocycles. The normalized spacial score (nSPS) is 19.6. The Kier molecular flexibility index (Phi) is 10.6. The molecule has 7 heteroatoms. The monoisotopic (exact) mass is 532 g/mol. The summed E-state index contributed by atoms with van der Waals surface area (Å²) in [6.07, 6.45) is 7.49. The Morgan fingerprint density at radius 2 is 1.81 bits per heavy atom. The van der Waals surface area contributed by atoms with Gasteiger partial charge >= 0.3 is 5.97 Å². The van der Waals surface area contributed by atoms with Gasteiger partial charge < -0.3 is 9.47 Å². The van der Waals surface area contributed by atoms with E-state index in [0.29, 0.717) is 36.7 Å². The third kappa shape index (κ3) is 8.84. The van der Waals surface area contributed by atoms with E-state index in [0.717, 1.165) is 43.6 Å². The topological polar surface area (TPSA) is 69.7 Å². The largest absolute Gasteiger partial charge is 0.493 e. The number of ether oxygens (including phenoxy) is 2. The summed E-state index contributed by atoms with van der Waals surface area (Å²) in [5.74, 6) is 1.47. The standard InChI is InChI=1S/C30H41FO5S/c1-5-9-24(13-12-21(2)22(3)30(32)36-20-23-10-7-6-8-11-23)27-18-25(27)16-17-35-26-14-15-29(28(31)19-26)37(4,33)34/h6-8,10-11,14-15,19,21-22,24-25,27H,5,9,12-13,16-18,20H2,1-4H3. The quantitative estimate of drug-likeness (QED) is 0.235. The zero-order valence-corrected chi connectivity index (χ0v) is 23.3. The lowest BCUT2D eigenvalue weighted by Gasteiger charge is -2.22. The SMILES string of the molecule is CCCC(CCC(C)C(C)C(=O)OCc1ccccc1)C1CC1CCOc1ccc(S(C)(=O)=O)c(F)c1. The Labute approximate surface area is 221 Å². The van der Waals surface area contributed by atoms with E-state index in [-0.39, 0.29) is 22.7 Å². The van der Waals surface area contributed by atoms with E-state index in [2.05, 4.69) is 13.8 Å². The van der Waals surface area contributed by atoms with Crippen LogP contribution in [-0.2, 0) is 26.0 Å². The van der Waals surface area contributed by atoms with E-state index in [1.807, 2.05) is 37.3 Å². The molecule has 0 aliphatic heterocycles. The third-order valence-electron chi connectivity index (χ3n) is 7.74. The molecule has 1 saturated carbocycles. The highest BCUT2D eigenvalue weighted by Crippen LogP contribution is 2.50. The zero-order chi connectivity index (χ0) is 27.0. The van der Waals surface area contributed by atoms with Gasteiger partial charge in [-0.2, -0.15) is 0 Å². The molecule has 3 rings (SSSR count). The molecule has 37 heavy (non-hydrogen) atoms. The van der Waals surface area contributed by atoms with Gasteiger partial charge in [0, 0.05) is 12.3 Å². The molecule has 5 nitrogen and oxygen atoms in total. The highest BCUT2D eigenvalue weighted by atomic mass is 32.2. The number of sulfone groups is 1. The number of carbonyl (C=O) groups is 1. The van der Waals surface area contributed by atoms with Crippen molar-refractivity contribution in [1.29, 1.82) is 0 Å². The second-order valence-corrected chi connectivity index (χ2v) is 12.6. The maximum atomic E-state index is 14.1. The second-order valence-electron chi connectivity index (χ2n) is 10.6. The van der Waals surface area contributed by atoms with Crippen molar-refractivity contribution in [3.05, 3.63) is 59.9 Å². The zero-order valence-electron chi connectivity index (χ0n) is 22.5. The van der Waals surface area contributed by atoms with E-state index in [1.165, 1.54) is 25.0 Å². The van der Waals surface area contributed by atoms with Crippen molar-refractivity contribution >= 4 is 15.8 Å². The molecule has 204 valence electrons. The molecule has 0 amide bonds. The van der Waals surface area contributed by atoms with E-state index in [4.69, 9.17) is 9.47 Å². The van der Waals surface area contributed by atoms with Gasteiger partial charge in [0.15, 0.2) is 9.84 Å². The van der Waals surface area contributed by atoms with Gasteiger partial charge in [0.05, 0.1) is 12.5 Å². The highest BCUT2D eigenvalue weighted by Gasteiger charge is 2.41. The number of hydrogen-bond donors (Lipinski definition) is 0. The van der Waals surface area contributed by atoms with Gasteiger partial charge in [-0.05, 0) is 67.1 Å². The summed E-state index contributed by atoms with van der Waals surface area (Å²) < 4.78 is 48.5. The van der Waals surface area contributed by atoms with Crippen LogP contribution in [0.15, 0.2) is 53.4 Å². The van der Waals surface area contributed by atoms with Gasteiger partial charge in [-0.3, -0.25) is 4.79 Å².